The van der Waals surface area contributed by atoms with Crippen molar-refractivity contribution in [3.05, 3.63) is 157 Å². The molecule has 0 N–H and O–H groups in total. The van der Waals surface area contributed by atoms with Crippen LogP contribution in [0.5, 0.6) is 0 Å². The number of fused-ring (bicyclic) bond motifs is 6. The number of imidazole rings is 1. The van der Waals surface area contributed by atoms with Crippen LogP contribution >= 0.6 is 0 Å². The first-order chi connectivity index (χ1) is 23.6. The third-order valence-corrected chi connectivity index (χ3v) is 7.25. The van der Waals surface area contributed by atoms with Crippen LogP contribution in [0, 0.1) is 25.8 Å². The SMILES string of the molecule is [2H]C([2H])([2H])c1ccc(-c2[c-]cccc2)nc1.[2H]C([2H])([2H])c1cnc2c3[c-]cccc3n3c(-c4ccccc4)ncc3c2c1-c1ccccc1.[Ir]. The van der Waals surface area contributed by atoms with E-state index in [0.717, 1.165) is 50.0 Å². The van der Waals surface area contributed by atoms with E-state index in [-0.39, 0.29) is 31.2 Å². The van der Waals surface area contributed by atoms with E-state index in [2.05, 4.69) is 26.5 Å². The fourth-order valence-corrected chi connectivity index (χ4v) is 5.33. The van der Waals surface area contributed by atoms with Crippen LogP contribution in [0.4, 0.5) is 0 Å². The van der Waals surface area contributed by atoms with Gasteiger partial charge in [-0.15, -0.1) is 65.5 Å². The summed E-state index contributed by atoms with van der Waals surface area (Å²) in [4.78, 5) is 13.6. The Balaban J connectivity index is 0.000000215. The molecule has 1 radical (unpaired) electrons. The zero-order chi connectivity index (χ0) is 34.2. The molecular formula is C39H28IrN4-2. The van der Waals surface area contributed by atoms with Gasteiger partial charge in [-0.3, -0.25) is 0 Å². The van der Waals surface area contributed by atoms with Crippen LogP contribution in [0.25, 0.3) is 61.1 Å². The van der Waals surface area contributed by atoms with Gasteiger partial charge in [-0.2, -0.15) is 0 Å². The molecule has 4 aromatic carbocycles. The summed E-state index contributed by atoms with van der Waals surface area (Å²) >= 11 is 0. The van der Waals surface area contributed by atoms with Gasteiger partial charge in [0, 0.05) is 46.3 Å². The van der Waals surface area contributed by atoms with Crippen LogP contribution in [-0.4, -0.2) is 19.4 Å². The quantitative estimate of drug-likeness (QED) is 0.134. The van der Waals surface area contributed by atoms with E-state index in [9.17, 15) is 0 Å². The first-order valence-electron chi connectivity index (χ1n) is 16.8. The number of nitrogens with zero attached hydrogens (tertiary/aromatic N) is 4. The maximum atomic E-state index is 8.21. The summed E-state index contributed by atoms with van der Waals surface area (Å²) in [5.74, 6) is 0.787. The van der Waals surface area contributed by atoms with Crippen molar-refractivity contribution in [1.82, 2.24) is 19.4 Å². The maximum Gasteiger partial charge on any atom is 0.136 e. The average molecular weight is 751 g/mol. The zero-order valence-electron chi connectivity index (χ0n) is 29.3. The number of hydrogen-bond donors (Lipinski definition) is 0. The Hall–Kier alpha value is -4.96. The van der Waals surface area contributed by atoms with Crippen LogP contribution in [0.3, 0.4) is 0 Å². The molecule has 5 heteroatoms. The molecule has 4 aromatic heterocycles. The van der Waals surface area contributed by atoms with E-state index in [1.54, 1.807) is 18.2 Å². The molecule has 0 unspecified atom stereocenters. The second-order valence-corrected chi connectivity index (χ2v) is 9.94. The Morgan fingerprint density at radius 3 is 2.11 bits per heavy atom. The van der Waals surface area contributed by atoms with Gasteiger partial charge in [0.15, 0.2) is 0 Å². The molecule has 0 saturated carbocycles. The monoisotopic (exact) mass is 751 g/mol. The van der Waals surface area contributed by atoms with Gasteiger partial charge in [-0.1, -0.05) is 72.8 Å². The van der Waals surface area contributed by atoms with Crippen LogP contribution in [0.2, 0.25) is 0 Å². The van der Waals surface area contributed by atoms with Gasteiger partial charge in [0.1, 0.15) is 5.82 Å². The zero-order valence-corrected chi connectivity index (χ0v) is 25.7. The predicted molar refractivity (Wildman–Crippen MR) is 176 cm³/mol. The van der Waals surface area contributed by atoms with Crippen molar-refractivity contribution in [2.24, 2.45) is 0 Å². The second-order valence-electron chi connectivity index (χ2n) is 9.94. The van der Waals surface area contributed by atoms with Crippen molar-refractivity contribution in [2.45, 2.75) is 13.7 Å². The first-order valence-corrected chi connectivity index (χ1v) is 13.8. The van der Waals surface area contributed by atoms with Gasteiger partial charge in [-0.25, -0.2) is 4.98 Å². The van der Waals surface area contributed by atoms with Crippen molar-refractivity contribution in [3.63, 3.8) is 0 Å². The number of benzene rings is 4. The van der Waals surface area contributed by atoms with Crippen molar-refractivity contribution in [1.29, 1.82) is 0 Å². The number of rotatable bonds is 3. The van der Waals surface area contributed by atoms with Crippen LogP contribution in [0.1, 0.15) is 19.4 Å². The smallest absolute Gasteiger partial charge is 0.136 e. The number of pyridine rings is 3. The van der Waals surface area contributed by atoms with Crippen molar-refractivity contribution in [3.8, 4) is 33.8 Å². The number of aryl methyl sites for hydroxylation is 2. The molecule has 44 heavy (non-hydrogen) atoms. The number of hydrogen-bond acceptors (Lipinski definition) is 3. The molecule has 0 atom stereocenters. The van der Waals surface area contributed by atoms with Crippen molar-refractivity contribution >= 4 is 27.3 Å². The molecule has 0 saturated heterocycles. The molecule has 0 aliphatic carbocycles. The Labute approximate surface area is 278 Å². The van der Waals surface area contributed by atoms with Gasteiger partial charge in [0.2, 0.25) is 0 Å². The van der Waals surface area contributed by atoms with E-state index < -0.39 is 13.7 Å². The molecule has 0 bridgehead atoms. The maximum absolute atomic E-state index is 8.21. The molecule has 4 nitrogen and oxygen atoms in total. The van der Waals surface area contributed by atoms with Crippen LogP contribution in [0.15, 0.2) is 134 Å². The molecule has 0 fully saturated rings. The normalized spacial score (nSPS) is 13.4. The van der Waals surface area contributed by atoms with Gasteiger partial charge < -0.3 is 14.4 Å². The van der Waals surface area contributed by atoms with Gasteiger partial charge in [0.25, 0.3) is 0 Å². The second kappa shape index (κ2) is 12.7. The third kappa shape index (κ3) is 5.44. The van der Waals surface area contributed by atoms with Crippen LogP contribution in [-0.2, 0) is 20.1 Å². The fraction of sp³-hybridized carbons (Fsp3) is 0.0513. The minimum atomic E-state index is -2.32. The first kappa shape index (κ1) is 22.6. The Kier molecular flexibility index (Phi) is 6.52. The minimum absolute atomic E-state index is 0. The Bertz CT molecular complexity index is 2390. The number of aromatic nitrogens is 4. The largest absolute Gasteiger partial charge is 0.335 e. The Morgan fingerprint density at radius 1 is 0.636 bits per heavy atom. The van der Waals surface area contributed by atoms with E-state index in [0.29, 0.717) is 11.1 Å². The molecule has 0 amide bonds. The minimum Gasteiger partial charge on any atom is -0.335 e. The molecule has 0 spiro atoms. The van der Waals surface area contributed by atoms with E-state index in [1.807, 2.05) is 103 Å². The topological polar surface area (TPSA) is 43.1 Å². The fourth-order valence-electron chi connectivity index (χ4n) is 5.33. The summed E-state index contributed by atoms with van der Waals surface area (Å²) in [5, 5.41) is 1.59. The molecule has 8 aromatic rings. The molecule has 4 heterocycles. The van der Waals surface area contributed by atoms with E-state index in [4.69, 9.17) is 13.2 Å². The summed E-state index contributed by atoms with van der Waals surface area (Å²) in [7, 11) is 0. The average Bonchev–Trinajstić information content (AvgIpc) is 3.58. The van der Waals surface area contributed by atoms with E-state index >= 15 is 0 Å². The van der Waals surface area contributed by atoms with E-state index in [1.165, 1.54) is 12.4 Å². The molecule has 0 aliphatic rings. The molecule has 215 valence electrons. The van der Waals surface area contributed by atoms with Gasteiger partial charge in [-0.05, 0) is 58.1 Å². The van der Waals surface area contributed by atoms with Gasteiger partial charge in [0.05, 0.1) is 11.7 Å². The predicted octanol–water partition coefficient (Wildman–Crippen LogP) is 9.33. The molecular weight excluding hydrogens is 717 g/mol. The molecule has 0 aliphatic heterocycles. The van der Waals surface area contributed by atoms with Crippen molar-refractivity contribution < 1.29 is 28.3 Å². The summed E-state index contributed by atoms with van der Waals surface area (Å²) in [5.41, 5.74) is 6.98. The third-order valence-electron chi connectivity index (χ3n) is 7.25. The van der Waals surface area contributed by atoms with Crippen molar-refractivity contribution in [2.75, 3.05) is 0 Å². The van der Waals surface area contributed by atoms with Crippen LogP contribution < -0.4 is 0 Å². The standard InChI is InChI=1S/C27H18N3.C12H10N.Ir/c1-18-16-28-26-21-14-8-9-15-22(21)30-23(17-29-27(30)20-12-6-3-7-13-20)25(26)24(18)19-10-4-2-5-11-19;1-10-7-8-12(13-9-10)11-5-3-2-4-6-11;/h2-13,15-17H,1H3;2-5,7-9H,1H3;/q2*-1;/i2*1D3;. The summed E-state index contributed by atoms with van der Waals surface area (Å²) < 4.78 is 48.4. The summed E-state index contributed by atoms with van der Waals surface area (Å²) in [6, 6.07) is 42.5. The summed E-state index contributed by atoms with van der Waals surface area (Å²) in [6.07, 6.45) is 4.70. The molecule has 8 rings (SSSR count). The summed E-state index contributed by atoms with van der Waals surface area (Å²) in [6.45, 7) is -4.41. The Morgan fingerprint density at radius 2 is 1.41 bits per heavy atom. The van der Waals surface area contributed by atoms with Gasteiger partial charge >= 0.3 is 0 Å².